The SMILES string of the molecule is C#C[C@]1(OC(=O)CCCCCC)CC[C@H]2[C@@H]3[C@H](C)CC4=CC(=O)CC[C@]4(OO)[C@H]3CC[C@@]21C. The molecule has 4 aliphatic carbocycles. The van der Waals surface area contributed by atoms with Gasteiger partial charge in [0.25, 0.3) is 0 Å². The van der Waals surface area contributed by atoms with Gasteiger partial charge in [0.05, 0.1) is 0 Å². The summed E-state index contributed by atoms with van der Waals surface area (Å²) >= 11 is 0. The summed E-state index contributed by atoms with van der Waals surface area (Å²) in [5, 5.41) is 10.1. The maximum absolute atomic E-state index is 12.8. The number of hydrogen-bond donors (Lipinski definition) is 1. The zero-order valence-corrected chi connectivity index (χ0v) is 20.5. The molecule has 0 spiro atoms. The van der Waals surface area contributed by atoms with Gasteiger partial charge in [0, 0.05) is 18.3 Å². The van der Waals surface area contributed by atoms with Crippen LogP contribution in [0.3, 0.4) is 0 Å². The fraction of sp³-hybridized carbons (Fsp3) is 0.786. The van der Waals surface area contributed by atoms with E-state index < -0.39 is 11.2 Å². The number of carbonyl (C=O) groups is 2. The van der Waals surface area contributed by atoms with Crippen LogP contribution >= 0.6 is 0 Å². The molecule has 4 rings (SSSR count). The van der Waals surface area contributed by atoms with Crippen LogP contribution in [0.25, 0.3) is 0 Å². The molecular formula is C28H40O5. The van der Waals surface area contributed by atoms with E-state index in [-0.39, 0.29) is 23.1 Å². The first-order valence-electron chi connectivity index (χ1n) is 13.0. The van der Waals surface area contributed by atoms with Crippen molar-refractivity contribution in [2.24, 2.45) is 29.1 Å². The van der Waals surface area contributed by atoms with E-state index in [9.17, 15) is 14.8 Å². The number of rotatable bonds is 7. The minimum Gasteiger partial charge on any atom is -0.445 e. The van der Waals surface area contributed by atoms with Gasteiger partial charge in [-0.1, -0.05) is 46.0 Å². The Hall–Kier alpha value is -1.64. The van der Waals surface area contributed by atoms with E-state index in [0.29, 0.717) is 43.4 Å². The highest BCUT2D eigenvalue weighted by Gasteiger charge is 2.68. The standard InChI is InChI=1S/C28H40O5/c1-5-7-8-9-10-24(30)32-27(6-2)15-13-22-25-19(3)17-20-18-21(29)11-16-28(20,33-31)23(25)12-14-26(22,27)4/h2,18-19,22-23,25,31H,5,7-17H2,1,3-4H3/t19-,22+,23+,25+,26+,27+,28-/m1/s1. The van der Waals surface area contributed by atoms with E-state index in [1.54, 1.807) is 6.08 Å². The van der Waals surface area contributed by atoms with Gasteiger partial charge < -0.3 is 4.74 Å². The van der Waals surface area contributed by atoms with Crippen molar-refractivity contribution >= 4 is 11.8 Å². The van der Waals surface area contributed by atoms with Crippen LogP contribution in [0.2, 0.25) is 0 Å². The summed E-state index contributed by atoms with van der Waals surface area (Å²) in [6.07, 6.45) is 17.4. The van der Waals surface area contributed by atoms with Crippen molar-refractivity contribution in [3.05, 3.63) is 11.6 Å². The highest BCUT2D eigenvalue weighted by Crippen LogP contribution is 2.67. The smallest absolute Gasteiger partial charge is 0.307 e. The van der Waals surface area contributed by atoms with E-state index in [4.69, 9.17) is 16.0 Å². The lowest BCUT2D eigenvalue weighted by molar-refractivity contribution is -0.344. The lowest BCUT2D eigenvalue weighted by Crippen LogP contribution is -2.60. The number of carbonyl (C=O) groups excluding carboxylic acids is 2. The summed E-state index contributed by atoms with van der Waals surface area (Å²) < 4.78 is 6.18. The van der Waals surface area contributed by atoms with Crippen LogP contribution in [0, 0.1) is 41.4 Å². The maximum atomic E-state index is 12.8. The third-order valence-corrected chi connectivity index (χ3v) is 9.79. The molecule has 0 aliphatic heterocycles. The summed E-state index contributed by atoms with van der Waals surface area (Å²) in [6, 6.07) is 0. The molecule has 7 atom stereocenters. The topological polar surface area (TPSA) is 72.8 Å². The van der Waals surface area contributed by atoms with Gasteiger partial charge in [0.2, 0.25) is 0 Å². The molecule has 1 N–H and O–H groups in total. The van der Waals surface area contributed by atoms with Gasteiger partial charge in [-0.3, -0.25) is 14.8 Å². The first kappa shape index (κ1) is 24.5. The Morgan fingerprint density at radius 3 is 2.67 bits per heavy atom. The van der Waals surface area contributed by atoms with Gasteiger partial charge in [0.15, 0.2) is 11.4 Å². The maximum Gasteiger partial charge on any atom is 0.307 e. The summed E-state index contributed by atoms with van der Waals surface area (Å²) in [5.74, 6) is 4.01. The molecule has 0 unspecified atom stereocenters. The predicted octanol–water partition coefficient (Wildman–Crippen LogP) is 5.87. The Bertz CT molecular complexity index is 855. The molecule has 0 bridgehead atoms. The van der Waals surface area contributed by atoms with Crippen LogP contribution in [0.4, 0.5) is 0 Å². The Kier molecular flexibility index (Phi) is 6.82. The average molecular weight is 457 g/mol. The van der Waals surface area contributed by atoms with E-state index in [0.717, 1.165) is 56.9 Å². The third-order valence-electron chi connectivity index (χ3n) is 9.79. The monoisotopic (exact) mass is 456 g/mol. The normalized spacial score (nSPS) is 41.9. The van der Waals surface area contributed by atoms with Crippen molar-refractivity contribution in [1.29, 1.82) is 0 Å². The van der Waals surface area contributed by atoms with Crippen LogP contribution in [-0.4, -0.2) is 28.2 Å². The summed E-state index contributed by atoms with van der Waals surface area (Å²) in [7, 11) is 0. The average Bonchev–Trinajstić information content (AvgIpc) is 3.09. The zero-order chi connectivity index (χ0) is 23.9. The molecule has 0 heterocycles. The fourth-order valence-electron chi connectivity index (χ4n) is 8.08. The molecule has 3 saturated carbocycles. The van der Waals surface area contributed by atoms with Crippen molar-refractivity contribution in [2.45, 2.75) is 109 Å². The molecule has 0 saturated heterocycles. The molecular weight excluding hydrogens is 416 g/mol. The number of terminal acetylenes is 1. The van der Waals surface area contributed by atoms with E-state index in [2.05, 4.69) is 26.7 Å². The second-order valence-corrected chi connectivity index (χ2v) is 11.3. The Balaban J connectivity index is 1.59. The first-order chi connectivity index (χ1) is 15.8. The number of fused-ring (bicyclic) bond motifs is 5. The van der Waals surface area contributed by atoms with E-state index in [1.165, 1.54) is 0 Å². The molecule has 0 aromatic carbocycles. The van der Waals surface area contributed by atoms with Crippen LogP contribution in [-0.2, 0) is 19.2 Å². The highest BCUT2D eigenvalue weighted by molar-refractivity contribution is 5.92. The minimum absolute atomic E-state index is 0.127. The van der Waals surface area contributed by atoms with Gasteiger partial charge >= 0.3 is 5.97 Å². The van der Waals surface area contributed by atoms with Crippen LogP contribution < -0.4 is 0 Å². The van der Waals surface area contributed by atoms with Gasteiger partial charge in [0.1, 0.15) is 5.60 Å². The number of esters is 1. The number of ketones is 1. The molecule has 5 nitrogen and oxygen atoms in total. The van der Waals surface area contributed by atoms with Crippen molar-refractivity contribution in [2.75, 3.05) is 0 Å². The molecule has 5 heteroatoms. The molecule has 4 aliphatic rings. The number of unbranched alkanes of at least 4 members (excludes halogenated alkanes) is 3. The lowest BCUT2D eigenvalue weighted by atomic mass is 9.47. The van der Waals surface area contributed by atoms with Crippen LogP contribution in [0.1, 0.15) is 97.8 Å². The molecule has 182 valence electrons. The predicted molar refractivity (Wildman–Crippen MR) is 126 cm³/mol. The van der Waals surface area contributed by atoms with Gasteiger partial charge in [-0.15, -0.1) is 6.42 Å². The van der Waals surface area contributed by atoms with E-state index in [1.807, 2.05) is 0 Å². The fourth-order valence-corrected chi connectivity index (χ4v) is 8.08. The quantitative estimate of drug-likeness (QED) is 0.170. The molecule has 0 aromatic rings. The van der Waals surface area contributed by atoms with Crippen LogP contribution in [0.5, 0.6) is 0 Å². The highest BCUT2D eigenvalue weighted by atomic mass is 17.1. The zero-order valence-electron chi connectivity index (χ0n) is 20.5. The second-order valence-electron chi connectivity index (χ2n) is 11.3. The summed E-state index contributed by atoms with van der Waals surface area (Å²) in [5.41, 5.74) is -0.961. The Morgan fingerprint density at radius 1 is 1.21 bits per heavy atom. The molecule has 3 fully saturated rings. The van der Waals surface area contributed by atoms with Crippen molar-refractivity contribution < 1.29 is 24.5 Å². The van der Waals surface area contributed by atoms with Gasteiger partial charge in [-0.2, -0.15) is 0 Å². The molecule has 0 amide bonds. The second kappa shape index (κ2) is 9.19. The van der Waals surface area contributed by atoms with Crippen LogP contribution in [0.15, 0.2) is 11.6 Å². The first-order valence-corrected chi connectivity index (χ1v) is 13.0. The third kappa shape index (κ3) is 3.78. The number of hydrogen-bond acceptors (Lipinski definition) is 5. The van der Waals surface area contributed by atoms with Gasteiger partial charge in [-0.25, -0.2) is 4.89 Å². The minimum atomic E-state index is -0.865. The van der Waals surface area contributed by atoms with Crippen molar-refractivity contribution in [1.82, 2.24) is 0 Å². The van der Waals surface area contributed by atoms with Crippen molar-refractivity contribution in [3.8, 4) is 12.3 Å². The molecule has 0 radical (unpaired) electrons. The Morgan fingerprint density at radius 2 is 1.97 bits per heavy atom. The Labute approximate surface area is 198 Å². The molecule has 0 aromatic heterocycles. The lowest BCUT2D eigenvalue weighted by Gasteiger charge is -2.59. The number of ether oxygens (including phenoxy) is 1. The van der Waals surface area contributed by atoms with Crippen molar-refractivity contribution in [3.63, 3.8) is 0 Å². The summed E-state index contributed by atoms with van der Waals surface area (Å²) in [4.78, 5) is 30.2. The summed E-state index contributed by atoms with van der Waals surface area (Å²) in [6.45, 7) is 6.63. The molecule has 33 heavy (non-hydrogen) atoms. The largest absolute Gasteiger partial charge is 0.445 e. The van der Waals surface area contributed by atoms with Gasteiger partial charge in [-0.05, 0) is 80.3 Å². The van der Waals surface area contributed by atoms with E-state index >= 15 is 0 Å².